The van der Waals surface area contributed by atoms with Crippen molar-refractivity contribution in [2.24, 2.45) is 0 Å². The lowest BCUT2D eigenvalue weighted by atomic mass is 10.1. The van der Waals surface area contributed by atoms with E-state index >= 15 is 0 Å². The van der Waals surface area contributed by atoms with Gasteiger partial charge in [0.2, 0.25) is 0 Å². The maximum absolute atomic E-state index is 13.7. The van der Waals surface area contributed by atoms with Crippen molar-refractivity contribution in [1.82, 2.24) is 10.6 Å². The summed E-state index contributed by atoms with van der Waals surface area (Å²) in [5.41, 5.74) is 2.28. The maximum atomic E-state index is 13.7. The summed E-state index contributed by atoms with van der Waals surface area (Å²) in [6.07, 6.45) is 0.409. The van der Waals surface area contributed by atoms with Crippen molar-refractivity contribution < 1.29 is 23.5 Å². The maximum Gasteiger partial charge on any atom is 0.319 e. The van der Waals surface area contributed by atoms with Crippen LogP contribution in [0.5, 0.6) is 5.75 Å². The Morgan fingerprint density at radius 1 is 1.22 bits per heavy atom. The van der Waals surface area contributed by atoms with Crippen LogP contribution < -0.4 is 20.7 Å². The first kappa shape index (κ1) is 18.7. The molecule has 27 heavy (non-hydrogen) atoms. The van der Waals surface area contributed by atoms with Crippen molar-refractivity contribution in [2.45, 2.75) is 13.0 Å². The predicted molar refractivity (Wildman–Crippen MR) is 97.2 cm³/mol. The highest BCUT2D eigenvalue weighted by molar-refractivity contribution is 5.96. The van der Waals surface area contributed by atoms with E-state index in [1.807, 2.05) is 0 Å². The molecule has 2 aromatic rings. The summed E-state index contributed by atoms with van der Waals surface area (Å²) in [5.74, 6) is 0.00960. The molecule has 3 rings (SSSR count). The van der Waals surface area contributed by atoms with E-state index in [0.29, 0.717) is 47.7 Å². The molecule has 142 valence electrons. The van der Waals surface area contributed by atoms with Gasteiger partial charge in [-0.15, -0.1) is 0 Å². The number of ether oxygens (including phenoxy) is 2. The number of amides is 3. The summed E-state index contributed by atoms with van der Waals surface area (Å²) >= 11 is 0. The predicted octanol–water partition coefficient (Wildman–Crippen LogP) is 2.42. The molecule has 0 saturated heterocycles. The molecule has 1 heterocycles. The Hall–Kier alpha value is -3.13. The van der Waals surface area contributed by atoms with Crippen LogP contribution >= 0.6 is 0 Å². The topological polar surface area (TPSA) is 88.7 Å². The molecule has 0 saturated carbocycles. The molecule has 0 spiro atoms. The molecule has 0 aromatic heterocycles. The van der Waals surface area contributed by atoms with E-state index in [-0.39, 0.29) is 18.5 Å². The first-order valence-electron chi connectivity index (χ1n) is 8.45. The summed E-state index contributed by atoms with van der Waals surface area (Å²) in [6.45, 7) is 0.720. The van der Waals surface area contributed by atoms with Gasteiger partial charge in [0.1, 0.15) is 11.6 Å². The molecule has 3 N–H and O–H groups in total. The van der Waals surface area contributed by atoms with E-state index < -0.39 is 6.03 Å². The number of anilines is 1. The fraction of sp³-hybridized carbons (Fsp3) is 0.263. The summed E-state index contributed by atoms with van der Waals surface area (Å²) in [5, 5.41) is 7.90. The van der Waals surface area contributed by atoms with Crippen LogP contribution in [0.4, 0.5) is 14.9 Å². The van der Waals surface area contributed by atoms with Crippen molar-refractivity contribution in [3.05, 3.63) is 58.9 Å². The molecule has 8 heteroatoms. The van der Waals surface area contributed by atoms with Gasteiger partial charge in [-0.3, -0.25) is 4.79 Å². The molecule has 0 aliphatic carbocycles. The molecular weight excluding hydrogens is 353 g/mol. The molecule has 0 unspecified atom stereocenters. The van der Waals surface area contributed by atoms with Crippen LogP contribution in [0.3, 0.4) is 0 Å². The number of hydrogen-bond acceptors (Lipinski definition) is 4. The number of halogens is 1. The van der Waals surface area contributed by atoms with Crippen molar-refractivity contribution in [1.29, 1.82) is 0 Å². The standard InChI is InChI=1S/C19H20FN3O4/c1-21-18(24)13-3-2-4-16(9-13)23-19(25)22-6-5-12-7-15(20)8-14-10-26-11-27-17(12)14/h2-4,7-9H,5-6,10-11H2,1H3,(H,21,24)(H2,22,23,25). The summed E-state index contributed by atoms with van der Waals surface area (Å²) < 4.78 is 24.3. The van der Waals surface area contributed by atoms with Gasteiger partial charge in [0.05, 0.1) is 6.61 Å². The minimum absolute atomic E-state index is 0.126. The molecule has 0 radical (unpaired) electrons. The van der Waals surface area contributed by atoms with Crippen molar-refractivity contribution >= 4 is 17.6 Å². The summed E-state index contributed by atoms with van der Waals surface area (Å²) in [7, 11) is 1.54. The number of nitrogens with one attached hydrogen (secondary N) is 3. The smallest absolute Gasteiger partial charge is 0.319 e. The lowest BCUT2D eigenvalue weighted by Crippen LogP contribution is -2.30. The average molecular weight is 373 g/mol. The van der Waals surface area contributed by atoms with Crippen LogP contribution in [0.1, 0.15) is 21.5 Å². The number of benzene rings is 2. The summed E-state index contributed by atoms with van der Waals surface area (Å²) in [6, 6.07) is 8.96. The summed E-state index contributed by atoms with van der Waals surface area (Å²) in [4.78, 5) is 23.7. The Balaban J connectivity index is 1.56. The zero-order chi connectivity index (χ0) is 19.2. The second-order valence-corrected chi connectivity index (χ2v) is 5.95. The zero-order valence-corrected chi connectivity index (χ0v) is 14.8. The number of urea groups is 1. The Kier molecular flexibility index (Phi) is 5.87. The second-order valence-electron chi connectivity index (χ2n) is 5.95. The van der Waals surface area contributed by atoms with E-state index in [9.17, 15) is 14.0 Å². The van der Waals surface area contributed by atoms with E-state index in [1.165, 1.54) is 19.2 Å². The molecule has 0 bridgehead atoms. The lowest BCUT2D eigenvalue weighted by Gasteiger charge is -2.21. The highest BCUT2D eigenvalue weighted by Gasteiger charge is 2.17. The van der Waals surface area contributed by atoms with Crippen LogP contribution in [0.2, 0.25) is 0 Å². The molecule has 0 atom stereocenters. The number of carbonyl (C=O) groups is 2. The Morgan fingerprint density at radius 2 is 2.07 bits per heavy atom. The number of fused-ring (bicyclic) bond motifs is 1. The Bertz CT molecular complexity index is 857. The third-order valence-electron chi connectivity index (χ3n) is 4.04. The first-order valence-corrected chi connectivity index (χ1v) is 8.45. The monoisotopic (exact) mass is 373 g/mol. The Morgan fingerprint density at radius 3 is 2.89 bits per heavy atom. The highest BCUT2D eigenvalue weighted by atomic mass is 19.1. The van der Waals surface area contributed by atoms with Gasteiger partial charge in [-0.05, 0) is 42.3 Å². The quantitative estimate of drug-likeness (QED) is 0.751. The van der Waals surface area contributed by atoms with Crippen molar-refractivity contribution in [2.75, 3.05) is 25.7 Å². The molecular formula is C19H20FN3O4. The van der Waals surface area contributed by atoms with Crippen LogP contribution in [0.15, 0.2) is 36.4 Å². The van der Waals surface area contributed by atoms with Gasteiger partial charge in [-0.2, -0.15) is 0 Å². The number of hydrogen-bond donors (Lipinski definition) is 3. The van der Waals surface area contributed by atoms with E-state index in [2.05, 4.69) is 16.0 Å². The minimum atomic E-state index is -0.418. The van der Waals surface area contributed by atoms with Crippen molar-refractivity contribution in [3.63, 3.8) is 0 Å². The largest absolute Gasteiger partial charge is 0.467 e. The van der Waals surface area contributed by atoms with Crippen molar-refractivity contribution in [3.8, 4) is 5.75 Å². The van der Waals surface area contributed by atoms with E-state index in [0.717, 1.165) is 0 Å². The zero-order valence-electron chi connectivity index (χ0n) is 14.8. The average Bonchev–Trinajstić information content (AvgIpc) is 2.67. The van der Waals surface area contributed by atoms with Gasteiger partial charge in [0.25, 0.3) is 5.91 Å². The van der Waals surface area contributed by atoms with E-state index in [1.54, 1.807) is 24.3 Å². The lowest BCUT2D eigenvalue weighted by molar-refractivity contribution is -0.0172. The third kappa shape index (κ3) is 4.73. The number of carbonyl (C=O) groups excluding carboxylic acids is 2. The minimum Gasteiger partial charge on any atom is -0.467 e. The van der Waals surface area contributed by atoms with Gasteiger partial charge in [0.15, 0.2) is 6.79 Å². The van der Waals surface area contributed by atoms with Gasteiger partial charge >= 0.3 is 6.03 Å². The van der Waals surface area contributed by atoms with Gasteiger partial charge in [-0.25, -0.2) is 9.18 Å². The molecule has 0 fully saturated rings. The number of rotatable bonds is 5. The van der Waals surface area contributed by atoms with Crippen LogP contribution in [-0.2, 0) is 17.8 Å². The normalized spacial score (nSPS) is 12.5. The highest BCUT2D eigenvalue weighted by Crippen LogP contribution is 2.29. The SMILES string of the molecule is CNC(=O)c1cccc(NC(=O)NCCc2cc(F)cc3c2OCOC3)c1. The van der Waals surface area contributed by atoms with Gasteiger partial charge in [0, 0.05) is 30.4 Å². The van der Waals surface area contributed by atoms with E-state index in [4.69, 9.17) is 9.47 Å². The van der Waals surface area contributed by atoms with Crippen LogP contribution in [0.25, 0.3) is 0 Å². The van der Waals surface area contributed by atoms with Gasteiger partial charge < -0.3 is 25.4 Å². The molecule has 1 aliphatic rings. The van der Waals surface area contributed by atoms with Gasteiger partial charge in [-0.1, -0.05) is 6.07 Å². The second kappa shape index (κ2) is 8.50. The molecule has 7 nitrogen and oxygen atoms in total. The fourth-order valence-corrected chi connectivity index (χ4v) is 2.81. The molecule has 2 aromatic carbocycles. The first-order chi connectivity index (χ1) is 13.1. The Labute approximate surface area is 155 Å². The fourth-order valence-electron chi connectivity index (χ4n) is 2.81. The molecule has 1 aliphatic heterocycles. The van der Waals surface area contributed by atoms with Crippen LogP contribution in [0, 0.1) is 5.82 Å². The van der Waals surface area contributed by atoms with Crippen LogP contribution in [-0.4, -0.2) is 32.3 Å². The third-order valence-corrected chi connectivity index (χ3v) is 4.04. The molecule has 3 amide bonds.